The predicted molar refractivity (Wildman–Crippen MR) is 77.8 cm³/mol. The summed E-state index contributed by atoms with van der Waals surface area (Å²) in [5.74, 6) is -0.0976. The van der Waals surface area contributed by atoms with Crippen LogP contribution in [0.1, 0.15) is 36.8 Å². The van der Waals surface area contributed by atoms with Gasteiger partial charge in [-0.1, -0.05) is 22.0 Å². The van der Waals surface area contributed by atoms with Gasteiger partial charge in [-0.25, -0.2) is 0 Å². The van der Waals surface area contributed by atoms with Crippen molar-refractivity contribution >= 4 is 15.9 Å². The summed E-state index contributed by atoms with van der Waals surface area (Å²) >= 11 is 3.16. The van der Waals surface area contributed by atoms with Crippen molar-refractivity contribution in [2.24, 2.45) is 0 Å². The van der Waals surface area contributed by atoms with Crippen LogP contribution in [-0.2, 0) is 16.2 Å². The molecule has 0 radical (unpaired) electrons. The van der Waals surface area contributed by atoms with E-state index in [1.807, 2.05) is 0 Å². The topological polar surface area (TPSA) is 18.5 Å². The van der Waals surface area contributed by atoms with Gasteiger partial charge in [-0.05, 0) is 43.4 Å². The minimum absolute atomic E-state index is 0.0976. The summed E-state index contributed by atoms with van der Waals surface area (Å²) in [7, 11) is 0. The average Bonchev–Trinajstić information content (AvgIpc) is 2.96. The highest BCUT2D eigenvalue weighted by atomic mass is 79.9. The molecular formula is C15H18BrF3O2. The molecule has 2 nitrogen and oxygen atoms in total. The van der Waals surface area contributed by atoms with E-state index in [-0.39, 0.29) is 18.5 Å². The molecule has 0 bridgehead atoms. The van der Waals surface area contributed by atoms with Crippen molar-refractivity contribution in [1.82, 2.24) is 0 Å². The lowest BCUT2D eigenvalue weighted by Gasteiger charge is -2.15. The molecule has 0 aliphatic carbocycles. The summed E-state index contributed by atoms with van der Waals surface area (Å²) in [5.41, 5.74) is -0.134. The van der Waals surface area contributed by atoms with Gasteiger partial charge in [-0.2, -0.15) is 13.2 Å². The van der Waals surface area contributed by atoms with Crippen LogP contribution in [0.5, 0.6) is 5.75 Å². The van der Waals surface area contributed by atoms with Crippen molar-refractivity contribution in [3.05, 3.63) is 29.3 Å². The summed E-state index contributed by atoms with van der Waals surface area (Å²) < 4.78 is 49.8. The van der Waals surface area contributed by atoms with Gasteiger partial charge in [0.1, 0.15) is 5.75 Å². The van der Waals surface area contributed by atoms with E-state index in [9.17, 15) is 13.2 Å². The first-order valence-corrected chi connectivity index (χ1v) is 8.13. The van der Waals surface area contributed by atoms with E-state index in [0.717, 1.165) is 31.9 Å². The van der Waals surface area contributed by atoms with E-state index in [1.54, 1.807) is 6.07 Å². The molecule has 2 rings (SSSR count). The first-order chi connectivity index (χ1) is 10.0. The maximum absolute atomic E-state index is 13.0. The molecule has 1 saturated heterocycles. The molecule has 1 aliphatic rings. The summed E-state index contributed by atoms with van der Waals surface area (Å²) in [6.07, 6.45) is -0.525. The highest BCUT2D eigenvalue weighted by molar-refractivity contribution is 9.08. The molecule has 1 aromatic carbocycles. The van der Waals surface area contributed by atoms with Gasteiger partial charge < -0.3 is 9.47 Å². The smallest absolute Gasteiger partial charge is 0.419 e. The van der Waals surface area contributed by atoms with Gasteiger partial charge in [0.25, 0.3) is 0 Å². The number of hydrogen-bond acceptors (Lipinski definition) is 2. The van der Waals surface area contributed by atoms with Gasteiger partial charge in [0, 0.05) is 11.9 Å². The normalized spacial score (nSPS) is 19.0. The summed E-state index contributed by atoms with van der Waals surface area (Å²) in [6, 6.07) is 4.16. The largest absolute Gasteiger partial charge is 0.493 e. The second-order valence-electron chi connectivity index (χ2n) is 5.09. The van der Waals surface area contributed by atoms with Gasteiger partial charge in [0.05, 0.1) is 18.3 Å². The lowest BCUT2D eigenvalue weighted by Crippen LogP contribution is -2.11. The zero-order chi connectivity index (χ0) is 15.3. The minimum atomic E-state index is -4.40. The van der Waals surface area contributed by atoms with Crippen LogP contribution in [-0.4, -0.2) is 19.3 Å². The van der Waals surface area contributed by atoms with E-state index in [4.69, 9.17) is 9.47 Å². The number of ether oxygens (including phenoxy) is 2. The fourth-order valence-electron chi connectivity index (χ4n) is 2.37. The zero-order valence-corrected chi connectivity index (χ0v) is 13.2. The van der Waals surface area contributed by atoms with E-state index in [0.29, 0.717) is 17.3 Å². The molecule has 0 spiro atoms. The Bertz CT molecular complexity index is 457. The van der Waals surface area contributed by atoms with Gasteiger partial charge in [-0.15, -0.1) is 0 Å². The molecule has 0 aromatic heterocycles. The van der Waals surface area contributed by atoms with E-state index in [2.05, 4.69) is 15.9 Å². The summed E-state index contributed by atoms with van der Waals surface area (Å²) in [4.78, 5) is 0. The predicted octanol–water partition coefficient (Wildman–Crippen LogP) is 4.94. The number of halogens is 4. The second-order valence-corrected chi connectivity index (χ2v) is 5.65. The van der Waals surface area contributed by atoms with Gasteiger partial charge >= 0.3 is 6.18 Å². The number of benzene rings is 1. The molecule has 1 aromatic rings. The molecule has 1 aliphatic heterocycles. The molecule has 0 N–H and O–H groups in total. The fraction of sp³-hybridized carbons (Fsp3) is 0.600. The van der Waals surface area contributed by atoms with Crippen molar-refractivity contribution in [3.63, 3.8) is 0 Å². The van der Waals surface area contributed by atoms with Crippen LogP contribution in [0.2, 0.25) is 0 Å². The monoisotopic (exact) mass is 366 g/mol. The van der Waals surface area contributed by atoms with Crippen LogP contribution in [0.25, 0.3) is 0 Å². The van der Waals surface area contributed by atoms with Crippen LogP contribution in [0.15, 0.2) is 18.2 Å². The molecule has 0 saturated carbocycles. The number of alkyl halides is 4. The Morgan fingerprint density at radius 2 is 2.14 bits per heavy atom. The van der Waals surface area contributed by atoms with Gasteiger partial charge in [0.2, 0.25) is 0 Å². The van der Waals surface area contributed by atoms with Crippen molar-refractivity contribution < 1.29 is 22.6 Å². The molecule has 1 fully saturated rings. The van der Waals surface area contributed by atoms with E-state index >= 15 is 0 Å². The molecule has 21 heavy (non-hydrogen) atoms. The first kappa shape index (κ1) is 16.6. The number of hydrogen-bond donors (Lipinski definition) is 0. The molecule has 1 heterocycles. The summed E-state index contributed by atoms with van der Waals surface area (Å²) in [5, 5.41) is 0.384. The lowest BCUT2D eigenvalue weighted by molar-refractivity contribution is -0.139. The minimum Gasteiger partial charge on any atom is -0.493 e. The summed E-state index contributed by atoms with van der Waals surface area (Å²) in [6.45, 7) is 1.06. The standard InChI is InChI=1S/C15H18BrF3O2/c16-10-11-5-6-14(13(9-11)15(17,18)19)21-8-2-4-12-3-1-7-20-12/h5-6,9,12H,1-4,7-8,10H2. The highest BCUT2D eigenvalue weighted by Crippen LogP contribution is 2.37. The first-order valence-electron chi connectivity index (χ1n) is 7.01. The van der Waals surface area contributed by atoms with Crippen LogP contribution in [0, 0.1) is 0 Å². The second kappa shape index (κ2) is 7.49. The Kier molecular flexibility index (Phi) is 5.93. The van der Waals surface area contributed by atoms with Crippen LogP contribution in [0.4, 0.5) is 13.2 Å². The Balaban J connectivity index is 1.92. The molecular weight excluding hydrogens is 349 g/mol. The SMILES string of the molecule is FC(F)(F)c1cc(CBr)ccc1OCCCC1CCCO1. The number of rotatable bonds is 6. The molecule has 0 amide bonds. The third kappa shape index (κ3) is 4.88. The van der Waals surface area contributed by atoms with Crippen molar-refractivity contribution in [1.29, 1.82) is 0 Å². The Hall–Kier alpha value is -0.750. The maximum Gasteiger partial charge on any atom is 0.419 e. The maximum atomic E-state index is 13.0. The molecule has 6 heteroatoms. The Morgan fingerprint density at radius 1 is 1.33 bits per heavy atom. The van der Waals surface area contributed by atoms with Gasteiger partial charge in [-0.3, -0.25) is 0 Å². The Morgan fingerprint density at radius 3 is 2.76 bits per heavy atom. The van der Waals surface area contributed by atoms with E-state index in [1.165, 1.54) is 6.07 Å². The molecule has 1 atom stereocenters. The molecule has 118 valence electrons. The lowest BCUT2D eigenvalue weighted by atomic mass is 10.1. The quantitative estimate of drug-likeness (QED) is 0.524. The molecule has 1 unspecified atom stereocenters. The van der Waals surface area contributed by atoms with Gasteiger partial charge in [0.15, 0.2) is 0 Å². The van der Waals surface area contributed by atoms with Crippen LogP contribution < -0.4 is 4.74 Å². The highest BCUT2D eigenvalue weighted by Gasteiger charge is 2.34. The zero-order valence-electron chi connectivity index (χ0n) is 11.6. The van der Waals surface area contributed by atoms with Crippen molar-refractivity contribution in [2.75, 3.05) is 13.2 Å². The van der Waals surface area contributed by atoms with Crippen molar-refractivity contribution in [2.45, 2.75) is 43.3 Å². The fourth-order valence-corrected chi connectivity index (χ4v) is 2.72. The third-order valence-corrected chi connectivity index (χ3v) is 4.10. The third-order valence-electron chi connectivity index (χ3n) is 3.46. The van der Waals surface area contributed by atoms with Crippen LogP contribution >= 0.6 is 15.9 Å². The Labute approximate surface area is 130 Å². The van der Waals surface area contributed by atoms with E-state index < -0.39 is 11.7 Å². The van der Waals surface area contributed by atoms with Crippen LogP contribution in [0.3, 0.4) is 0 Å². The average molecular weight is 367 g/mol. The van der Waals surface area contributed by atoms with Crippen molar-refractivity contribution in [3.8, 4) is 5.75 Å².